The molecule has 32 heavy (non-hydrogen) atoms. The molecule has 1 saturated heterocycles. The summed E-state index contributed by atoms with van der Waals surface area (Å²) in [5, 5.41) is 3.68. The molecule has 0 aliphatic carbocycles. The summed E-state index contributed by atoms with van der Waals surface area (Å²) < 4.78 is 33.1. The molecule has 5 heteroatoms. The lowest BCUT2D eigenvalue weighted by molar-refractivity contribution is 0.0539. The van der Waals surface area contributed by atoms with Crippen LogP contribution in [0.3, 0.4) is 0 Å². The summed E-state index contributed by atoms with van der Waals surface area (Å²) in [7, 11) is 0. The van der Waals surface area contributed by atoms with E-state index >= 15 is 0 Å². The Kier molecular flexibility index (Phi) is 7.99. The first-order chi connectivity index (χ1) is 15.7. The monoisotopic (exact) mass is 436 g/mol. The maximum Gasteiger partial charge on any atom is 0.123 e. The normalized spacial score (nSPS) is 16.7. The van der Waals surface area contributed by atoms with E-state index in [-0.39, 0.29) is 17.7 Å². The molecule has 0 amide bonds. The minimum absolute atomic E-state index is 0.284. The zero-order valence-corrected chi connectivity index (χ0v) is 18.2. The SMILES string of the molecule is Fc1ccc(C(OCCN2CCCC2NCCc2ccccc2)c2ccc(F)cc2)cc1. The number of ether oxygens (including phenoxy) is 1. The zero-order valence-electron chi connectivity index (χ0n) is 18.2. The third-order valence-electron chi connectivity index (χ3n) is 6.01. The third kappa shape index (κ3) is 6.22. The van der Waals surface area contributed by atoms with Crippen molar-refractivity contribution < 1.29 is 13.5 Å². The largest absolute Gasteiger partial charge is 0.367 e. The van der Waals surface area contributed by atoms with E-state index in [4.69, 9.17) is 4.74 Å². The second kappa shape index (κ2) is 11.3. The highest BCUT2D eigenvalue weighted by atomic mass is 19.1. The Bertz CT molecular complexity index is 902. The first-order valence-corrected chi connectivity index (χ1v) is 11.3. The smallest absolute Gasteiger partial charge is 0.123 e. The molecule has 1 unspecified atom stereocenters. The summed E-state index contributed by atoms with van der Waals surface area (Å²) in [6.45, 7) is 3.34. The van der Waals surface area contributed by atoms with Crippen LogP contribution < -0.4 is 5.32 Å². The minimum Gasteiger partial charge on any atom is -0.367 e. The molecule has 1 aliphatic heterocycles. The van der Waals surface area contributed by atoms with Crippen molar-refractivity contribution in [2.75, 3.05) is 26.2 Å². The van der Waals surface area contributed by atoms with Crippen molar-refractivity contribution in [3.05, 3.63) is 107 Å². The summed E-state index contributed by atoms with van der Waals surface area (Å²) >= 11 is 0. The van der Waals surface area contributed by atoms with Gasteiger partial charge in [-0.3, -0.25) is 4.90 Å². The van der Waals surface area contributed by atoms with Crippen LogP contribution in [0.2, 0.25) is 0 Å². The van der Waals surface area contributed by atoms with Crippen molar-refractivity contribution in [2.45, 2.75) is 31.5 Å². The Hall–Kier alpha value is -2.60. The standard InChI is InChI=1S/C27H30F2N2O/c28-24-12-8-22(9-13-24)27(23-10-14-25(29)15-11-23)32-20-19-31-18-4-7-26(31)30-17-16-21-5-2-1-3-6-21/h1-3,5-6,8-15,26-27,30H,4,7,16-20H2. The highest BCUT2D eigenvalue weighted by molar-refractivity contribution is 5.30. The van der Waals surface area contributed by atoms with Crippen LogP contribution in [0.4, 0.5) is 8.78 Å². The predicted octanol–water partition coefficient (Wildman–Crippen LogP) is 5.33. The second-order valence-electron chi connectivity index (χ2n) is 8.24. The van der Waals surface area contributed by atoms with Gasteiger partial charge in [-0.15, -0.1) is 0 Å². The Balaban J connectivity index is 1.32. The van der Waals surface area contributed by atoms with Crippen LogP contribution >= 0.6 is 0 Å². The second-order valence-corrected chi connectivity index (χ2v) is 8.24. The van der Waals surface area contributed by atoms with Gasteiger partial charge < -0.3 is 10.1 Å². The highest BCUT2D eigenvalue weighted by Crippen LogP contribution is 2.27. The van der Waals surface area contributed by atoms with Crippen molar-refractivity contribution in [2.24, 2.45) is 0 Å². The maximum absolute atomic E-state index is 13.4. The average Bonchev–Trinajstić information content (AvgIpc) is 3.26. The van der Waals surface area contributed by atoms with E-state index in [1.165, 1.54) is 36.2 Å². The molecule has 3 aromatic rings. The molecule has 3 nitrogen and oxygen atoms in total. The number of benzene rings is 3. The Morgan fingerprint density at radius 2 is 1.50 bits per heavy atom. The molecule has 1 fully saturated rings. The van der Waals surface area contributed by atoms with Gasteiger partial charge in [0.25, 0.3) is 0 Å². The van der Waals surface area contributed by atoms with Crippen molar-refractivity contribution in [1.29, 1.82) is 0 Å². The molecule has 0 spiro atoms. The summed E-state index contributed by atoms with van der Waals surface area (Å²) in [4.78, 5) is 2.43. The third-order valence-corrected chi connectivity index (χ3v) is 6.01. The molecular weight excluding hydrogens is 406 g/mol. The van der Waals surface area contributed by atoms with Crippen LogP contribution in [0.25, 0.3) is 0 Å². The molecular formula is C27H30F2N2O. The van der Waals surface area contributed by atoms with Gasteiger partial charge in [0.05, 0.1) is 12.8 Å². The number of likely N-dealkylation sites (tertiary alicyclic amines) is 1. The summed E-state index contributed by atoms with van der Waals surface area (Å²) in [6, 6.07) is 23.2. The van der Waals surface area contributed by atoms with E-state index in [9.17, 15) is 8.78 Å². The first kappa shape index (κ1) is 22.6. The minimum atomic E-state index is -0.358. The van der Waals surface area contributed by atoms with Crippen LogP contribution in [0.15, 0.2) is 78.9 Å². The Morgan fingerprint density at radius 3 is 2.12 bits per heavy atom. The molecule has 1 N–H and O–H groups in total. The van der Waals surface area contributed by atoms with Gasteiger partial charge in [0.1, 0.15) is 17.7 Å². The van der Waals surface area contributed by atoms with Crippen LogP contribution in [0.1, 0.15) is 35.6 Å². The van der Waals surface area contributed by atoms with Crippen LogP contribution in [-0.2, 0) is 11.2 Å². The van der Waals surface area contributed by atoms with Gasteiger partial charge in [0.2, 0.25) is 0 Å². The van der Waals surface area contributed by atoms with Gasteiger partial charge in [-0.25, -0.2) is 8.78 Å². The van der Waals surface area contributed by atoms with Gasteiger partial charge in [0, 0.05) is 13.1 Å². The molecule has 4 rings (SSSR count). The molecule has 0 aromatic heterocycles. The molecule has 168 valence electrons. The van der Waals surface area contributed by atoms with Gasteiger partial charge in [-0.1, -0.05) is 54.6 Å². The van der Waals surface area contributed by atoms with Gasteiger partial charge in [-0.05, 0) is 66.8 Å². The zero-order chi connectivity index (χ0) is 22.2. The number of nitrogens with zero attached hydrogens (tertiary/aromatic N) is 1. The van der Waals surface area contributed by atoms with Crippen molar-refractivity contribution in [3.8, 4) is 0 Å². The summed E-state index contributed by atoms with van der Waals surface area (Å²) in [5.41, 5.74) is 3.06. The van der Waals surface area contributed by atoms with E-state index < -0.39 is 0 Å². The van der Waals surface area contributed by atoms with Crippen LogP contribution in [0, 0.1) is 11.6 Å². The van der Waals surface area contributed by atoms with Crippen molar-refractivity contribution >= 4 is 0 Å². The topological polar surface area (TPSA) is 24.5 Å². The Labute approximate surface area is 189 Å². The first-order valence-electron chi connectivity index (χ1n) is 11.3. The molecule has 0 radical (unpaired) electrons. The molecule has 0 bridgehead atoms. The fourth-order valence-electron chi connectivity index (χ4n) is 4.30. The molecule has 1 heterocycles. The van der Waals surface area contributed by atoms with Crippen molar-refractivity contribution in [1.82, 2.24) is 10.2 Å². The van der Waals surface area contributed by atoms with Crippen molar-refractivity contribution in [3.63, 3.8) is 0 Å². The van der Waals surface area contributed by atoms with E-state index in [1.54, 1.807) is 24.3 Å². The molecule has 0 saturated carbocycles. The fourth-order valence-corrected chi connectivity index (χ4v) is 4.30. The van der Waals surface area contributed by atoms with E-state index in [1.807, 2.05) is 6.07 Å². The van der Waals surface area contributed by atoms with Gasteiger partial charge in [-0.2, -0.15) is 0 Å². The summed E-state index contributed by atoms with van der Waals surface area (Å²) in [6.07, 6.45) is 3.32. The number of hydrogen-bond donors (Lipinski definition) is 1. The fraction of sp³-hybridized carbons (Fsp3) is 0.333. The lowest BCUT2D eigenvalue weighted by Gasteiger charge is -2.27. The van der Waals surface area contributed by atoms with Crippen LogP contribution in [0.5, 0.6) is 0 Å². The predicted molar refractivity (Wildman–Crippen MR) is 123 cm³/mol. The number of halogens is 2. The van der Waals surface area contributed by atoms with E-state index in [0.29, 0.717) is 12.8 Å². The summed E-state index contributed by atoms with van der Waals surface area (Å²) in [5.74, 6) is -0.568. The van der Waals surface area contributed by atoms with E-state index in [0.717, 1.165) is 43.6 Å². The lowest BCUT2D eigenvalue weighted by atomic mass is 10.0. The molecule has 1 aliphatic rings. The lowest BCUT2D eigenvalue weighted by Crippen LogP contribution is -2.43. The number of nitrogens with one attached hydrogen (secondary N) is 1. The van der Waals surface area contributed by atoms with Crippen LogP contribution in [-0.4, -0.2) is 37.3 Å². The Morgan fingerprint density at radius 1 is 0.875 bits per heavy atom. The average molecular weight is 437 g/mol. The van der Waals surface area contributed by atoms with Gasteiger partial charge >= 0.3 is 0 Å². The number of hydrogen-bond acceptors (Lipinski definition) is 3. The van der Waals surface area contributed by atoms with Gasteiger partial charge in [0.15, 0.2) is 0 Å². The number of rotatable bonds is 10. The molecule has 3 aromatic carbocycles. The quantitative estimate of drug-likeness (QED) is 0.465. The van der Waals surface area contributed by atoms with E-state index in [2.05, 4.69) is 34.5 Å². The maximum atomic E-state index is 13.4. The highest BCUT2D eigenvalue weighted by Gasteiger charge is 2.24. The molecule has 1 atom stereocenters.